The van der Waals surface area contributed by atoms with Gasteiger partial charge in [0.15, 0.2) is 0 Å². The van der Waals surface area contributed by atoms with Crippen LogP contribution in [0.1, 0.15) is 11.1 Å². The molecule has 0 unspecified atom stereocenters. The quantitative estimate of drug-likeness (QED) is 0.940. The third-order valence-corrected chi connectivity index (χ3v) is 5.30. The Kier molecular flexibility index (Phi) is 3.72. The fourth-order valence-electron chi connectivity index (χ4n) is 2.28. The SMILES string of the molecule is NCc1ccc2c(c1)S(=O)(=O)C(COc1cccc(F)c1)=C2. The van der Waals surface area contributed by atoms with Crippen LogP contribution in [0.25, 0.3) is 6.08 Å². The van der Waals surface area contributed by atoms with Crippen molar-refractivity contribution in [1.82, 2.24) is 0 Å². The summed E-state index contributed by atoms with van der Waals surface area (Å²) in [6, 6.07) is 10.7. The van der Waals surface area contributed by atoms with Crippen LogP contribution in [-0.4, -0.2) is 15.0 Å². The van der Waals surface area contributed by atoms with Crippen molar-refractivity contribution in [1.29, 1.82) is 0 Å². The first-order valence-electron chi connectivity index (χ1n) is 6.68. The summed E-state index contributed by atoms with van der Waals surface area (Å²) in [5.41, 5.74) is 6.92. The normalized spacial score (nSPS) is 15.3. The molecule has 0 radical (unpaired) electrons. The monoisotopic (exact) mass is 319 g/mol. The third kappa shape index (κ3) is 2.63. The summed E-state index contributed by atoms with van der Waals surface area (Å²) in [6.45, 7) is 0.135. The van der Waals surface area contributed by atoms with Crippen molar-refractivity contribution >= 4 is 15.9 Å². The van der Waals surface area contributed by atoms with Crippen LogP contribution in [0.5, 0.6) is 5.75 Å². The molecule has 2 aromatic carbocycles. The molecule has 0 aromatic heterocycles. The number of benzene rings is 2. The Labute approximate surface area is 127 Å². The van der Waals surface area contributed by atoms with Gasteiger partial charge in [-0.15, -0.1) is 0 Å². The topological polar surface area (TPSA) is 69.4 Å². The molecule has 0 bridgehead atoms. The van der Waals surface area contributed by atoms with E-state index in [1.54, 1.807) is 30.3 Å². The van der Waals surface area contributed by atoms with E-state index in [4.69, 9.17) is 10.5 Å². The number of rotatable bonds is 4. The fraction of sp³-hybridized carbons (Fsp3) is 0.125. The Morgan fingerprint density at radius 2 is 1.95 bits per heavy atom. The fourth-order valence-corrected chi connectivity index (χ4v) is 3.80. The molecule has 2 N–H and O–H groups in total. The molecule has 2 aromatic rings. The molecule has 4 nitrogen and oxygen atoms in total. The predicted molar refractivity (Wildman–Crippen MR) is 81.4 cm³/mol. The number of nitrogens with two attached hydrogens (primary N) is 1. The first-order valence-corrected chi connectivity index (χ1v) is 8.16. The molecule has 3 rings (SSSR count). The molecule has 6 heteroatoms. The van der Waals surface area contributed by atoms with Crippen LogP contribution < -0.4 is 10.5 Å². The van der Waals surface area contributed by atoms with Gasteiger partial charge in [-0.3, -0.25) is 0 Å². The van der Waals surface area contributed by atoms with Crippen LogP contribution >= 0.6 is 0 Å². The van der Waals surface area contributed by atoms with Gasteiger partial charge in [0.1, 0.15) is 18.2 Å². The minimum Gasteiger partial charge on any atom is -0.488 e. The second-order valence-electron chi connectivity index (χ2n) is 4.94. The van der Waals surface area contributed by atoms with Gasteiger partial charge in [0, 0.05) is 12.6 Å². The lowest BCUT2D eigenvalue weighted by Crippen LogP contribution is -2.09. The van der Waals surface area contributed by atoms with E-state index in [1.165, 1.54) is 18.2 Å². The number of sulfone groups is 1. The summed E-state index contributed by atoms with van der Waals surface area (Å²) in [4.78, 5) is 0.397. The molecule has 0 aliphatic carbocycles. The zero-order valence-corrected chi connectivity index (χ0v) is 12.4. The molecular weight excluding hydrogens is 305 g/mol. The summed E-state index contributed by atoms with van der Waals surface area (Å²) in [6.07, 6.45) is 1.57. The first kappa shape index (κ1) is 14.7. The lowest BCUT2D eigenvalue weighted by molar-refractivity contribution is 0.357. The van der Waals surface area contributed by atoms with Crippen molar-refractivity contribution in [3.05, 3.63) is 64.3 Å². The molecule has 0 saturated heterocycles. The van der Waals surface area contributed by atoms with Crippen molar-refractivity contribution in [2.45, 2.75) is 11.4 Å². The van der Waals surface area contributed by atoms with E-state index >= 15 is 0 Å². The second kappa shape index (κ2) is 5.55. The van der Waals surface area contributed by atoms with Crippen LogP contribution in [-0.2, 0) is 16.4 Å². The van der Waals surface area contributed by atoms with Crippen molar-refractivity contribution in [2.75, 3.05) is 6.61 Å². The van der Waals surface area contributed by atoms with E-state index in [2.05, 4.69) is 0 Å². The number of hydrogen-bond acceptors (Lipinski definition) is 4. The lowest BCUT2D eigenvalue weighted by Gasteiger charge is -2.07. The van der Waals surface area contributed by atoms with Crippen LogP contribution in [0.2, 0.25) is 0 Å². The molecule has 0 atom stereocenters. The molecule has 0 spiro atoms. The molecule has 1 aliphatic heterocycles. The standard InChI is InChI=1S/C16H14FNO3S/c17-13-2-1-3-14(8-13)21-10-15-7-12-5-4-11(9-18)6-16(12)22(15,19)20/h1-8H,9-10,18H2. The summed E-state index contributed by atoms with van der Waals surface area (Å²) < 4.78 is 43.4. The minimum atomic E-state index is -3.57. The molecule has 0 amide bonds. The lowest BCUT2D eigenvalue weighted by atomic mass is 10.1. The number of halogens is 1. The summed E-state index contributed by atoms with van der Waals surface area (Å²) in [5.74, 6) is -0.147. The summed E-state index contributed by atoms with van der Waals surface area (Å²) in [5, 5.41) is 0. The average Bonchev–Trinajstić information content (AvgIpc) is 2.76. The molecule has 114 valence electrons. The Hall–Kier alpha value is -2.18. The molecule has 0 fully saturated rings. The number of fused-ring (bicyclic) bond motifs is 1. The van der Waals surface area contributed by atoms with E-state index in [-0.39, 0.29) is 28.7 Å². The van der Waals surface area contributed by atoms with Gasteiger partial charge in [-0.2, -0.15) is 0 Å². The maximum absolute atomic E-state index is 13.1. The van der Waals surface area contributed by atoms with Gasteiger partial charge in [0.05, 0.1) is 9.80 Å². The van der Waals surface area contributed by atoms with Crippen molar-refractivity contribution in [3.63, 3.8) is 0 Å². The molecular formula is C16H14FNO3S. The highest BCUT2D eigenvalue weighted by Crippen LogP contribution is 2.33. The summed E-state index contributed by atoms with van der Waals surface area (Å²) >= 11 is 0. The van der Waals surface area contributed by atoms with E-state index in [0.717, 1.165) is 5.56 Å². The van der Waals surface area contributed by atoms with Crippen LogP contribution in [0.4, 0.5) is 4.39 Å². The third-order valence-electron chi connectivity index (χ3n) is 3.44. The molecule has 1 aliphatic rings. The van der Waals surface area contributed by atoms with Gasteiger partial charge >= 0.3 is 0 Å². The van der Waals surface area contributed by atoms with Crippen LogP contribution in [0.15, 0.2) is 52.3 Å². The van der Waals surface area contributed by atoms with Crippen LogP contribution in [0.3, 0.4) is 0 Å². The smallest absolute Gasteiger partial charge is 0.206 e. The van der Waals surface area contributed by atoms with Crippen molar-refractivity contribution < 1.29 is 17.5 Å². The number of ether oxygens (including phenoxy) is 1. The first-order chi connectivity index (χ1) is 10.5. The van der Waals surface area contributed by atoms with Gasteiger partial charge in [-0.25, -0.2) is 12.8 Å². The highest BCUT2D eigenvalue weighted by atomic mass is 32.2. The van der Waals surface area contributed by atoms with Gasteiger partial charge in [0.2, 0.25) is 9.84 Å². The van der Waals surface area contributed by atoms with E-state index in [0.29, 0.717) is 5.56 Å². The summed E-state index contributed by atoms with van der Waals surface area (Å²) in [7, 11) is -3.57. The van der Waals surface area contributed by atoms with Gasteiger partial charge in [0.25, 0.3) is 0 Å². The zero-order valence-electron chi connectivity index (χ0n) is 11.6. The molecule has 22 heavy (non-hydrogen) atoms. The van der Waals surface area contributed by atoms with E-state index in [9.17, 15) is 12.8 Å². The number of hydrogen-bond donors (Lipinski definition) is 1. The largest absolute Gasteiger partial charge is 0.488 e. The molecule has 1 heterocycles. The maximum Gasteiger partial charge on any atom is 0.206 e. The van der Waals surface area contributed by atoms with Gasteiger partial charge < -0.3 is 10.5 Å². The average molecular weight is 319 g/mol. The van der Waals surface area contributed by atoms with Crippen LogP contribution in [0, 0.1) is 5.82 Å². The Balaban J connectivity index is 1.84. The van der Waals surface area contributed by atoms with Crippen molar-refractivity contribution in [2.24, 2.45) is 5.73 Å². The minimum absolute atomic E-state index is 0.140. The zero-order chi connectivity index (χ0) is 15.7. The Morgan fingerprint density at radius 3 is 2.68 bits per heavy atom. The van der Waals surface area contributed by atoms with E-state index in [1.807, 2.05) is 0 Å². The van der Waals surface area contributed by atoms with Gasteiger partial charge in [-0.05, 0) is 35.4 Å². The van der Waals surface area contributed by atoms with Gasteiger partial charge in [-0.1, -0.05) is 18.2 Å². The highest BCUT2D eigenvalue weighted by molar-refractivity contribution is 7.95. The molecule has 0 saturated carbocycles. The Bertz CT molecular complexity index is 859. The second-order valence-corrected chi connectivity index (χ2v) is 6.91. The maximum atomic E-state index is 13.1. The Morgan fingerprint density at radius 1 is 1.14 bits per heavy atom. The highest BCUT2D eigenvalue weighted by Gasteiger charge is 2.30. The van der Waals surface area contributed by atoms with Crippen molar-refractivity contribution in [3.8, 4) is 5.75 Å². The predicted octanol–water partition coefficient (Wildman–Crippen LogP) is 2.49. The van der Waals surface area contributed by atoms with E-state index < -0.39 is 15.7 Å².